The second-order valence-corrected chi connectivity index (χ2v) is 6.01. The van der Waals surface area contributed by atoms with Gasteiger partial charge in [0.1, 0.15) is 0 Å². The van der Waals surface area contributed by atoms with Gasteiger partial charge < -0.3 is 9.47 Å². The monoisotopic (exact) mass is 332 g/mol. The molecule has 0 saturated heterocycles. The van der Waals surface area contributed by atoms with Crippen molar-refractivity contribution in [2.75, 3.05) is 11.9 Å². The summed E-state index contributed by atoms with van der Waals surface area (Å²) in [7, 11) is 1.73. The molecule has 1 amide bonds. The first-order valence-electron chi connectivity index (χ1n) is 8.14. The molecule has 0 spiro atoms. The third kappa shape index (κ3) is 3.69. The Balaban J connectivity index is 1.90. The lowest BCUT2D eigenvalue weighted by atomic mass is 10.1. The van der Waals surface area contributed by atoms with E-state index in [0.717, 1.165) is 16.8 Å². The first-order chi connectivity index (χ1) is 12.1. The van der Waals surface area contributed by atoms with Crippen LogP contribution < -0.4 is 10.5 Å². The van der Waals surface area contributed by atoms with Crippen LogP contribution in [0.4, 0.5) is 5.69 Å². The number of hydrogen-bond donors (Lipinski definition) is 0. The molecular formula is C21H20N2O2. The van der Waals surface area contributed by atoms with Crippen LogP contribution in [0.2, 0.25) is 0 Å². The van der Waals surface area contributed by atoms with Crippen LogP contribution in [-0.2, 0) is 6.54 Å². The first-order valence-corrected chi connectivity index (χ1v) is 8.14. The number of carbonyl (C=O) groups excluding carboxylic acids is 1. The molecule has 0 saturated carbocycles. The van der Waals surface area contributed by atoms with Crippen molar-refractivity contribution in [1.29, 1.82) is 0 Å². The van der Waals surface area contributed by atoms with Crippen molar-refractivity contribution in [3.8, 4) is 0 Å². The Labute approximate surface area is 147 Å². The maximum atomic E-state index is 12.7. The minimum atomic E-state index is -0.148. The highest BCUT2D eigenvalue weighted by molar-refractivity contribution is 6.05. The third-order valence-corrected chi connectivity index (χ3v) is 4.28. The highest BCUT2D eigenvalue weighted by Gasteiger charge is 2.14. The third-order valence-electron chi connectivity index (χ3n) is 4.28. The van der Waals surface area contributed by atoms with Crippen molar-refractivity contribution >= 4 is 11.6 Å². The molecule has 0 atom stereocenters. The van der Waals surface area contributed by atoms with Crippen LogP contribution >= 0.6 is 0 Å². The van der Waals surface area contributed by atoms with Crippen LogP contribution in [0, 0.1) is 6.92 Å². The van der Waals surface area contributed by atoms with E-state index in [1.54, 1.807) is 28.8 Å². The molecule has 4 nitrogen and oxygen atoms in total. The number of para-hydroxylation sites is 1. The first kappa shape index (κ1) is 16.7. The van der Waals surface area contributed by atoms with Crippen LogP contribution in [0.5, 0.6) is 0 Å². The van der Waals surface area contributed by atoms with Gasteiger partial charge >= 0.3 is 0 Å². The van der Waals surface area contributed by atoms with Gasteiger partial charge in [0, 0.05) is 25.0 Å². The maximum Gasteiger partial charge on any atom is 0.259 e. The fourth-order valence-electron chi connectivity index (χ4n) is 2.71. The molecule has 0 radical (unpaired) electrons. The second kappa shape index (κ2) is 7.18. The number of rotatable bonds is 4. The van der Waals surface area contributed by atoms with Crippen molar-refractivity contribution in [2.45, 2.75) is 13.5 Å². The number of pyridine rings is 1. The van der Waals surface area contributed by atoms with Gasteiger partial charge in [0.15, 0.2) is 0 Å². The Morgan fingerprint density at radius 3 is 2.36 bits per heavy atom. The van der Waals surface area contributed by atoms with Gasteiger partial charge in [-0.2, -0.15) is 0 Å². The van der Waals surface area contributed by atoms with E-state index in [1.807, 2.05) is 61.5 Å². The molecule has 0 unspecified atom stereocenters. The fraction of sp³-hybridized carbons (Fsp3) is 0.143. The van der Waals surface area contributed by atoms with Gasteiger partial charge in [-0.3, -0.25) is 9.59 Å². The van der Waals surface area contributed by atoms with E-state index >= 15 is 0 Å². The van der Waals surface area contributed by atoms with Gasteiger partial charge in [0.25, 0.3) is 11.5 Å². The van der Waals surface area contributed by atoms with Crippen LogP contribution in [-0.4, -0.2) is 17.5 Å². The zero-order valence-electron chi connectivity index (χ0n) is 14.3. The summed E-state index contributed by atoms with van der Waals surface area (Å²) in [6.07, 6.45) is 1.64. The van der Waals surface area contributed by atoms with E-state index in [-0.39, 0.29) is 11.5 Å². The number of amides is 1. The number of benzene rings is 2. The van der Waals surface area contributed by atoms with E-state index in [4.69, 9.17) is 0 Å². The summed E-state index contributed by atoms with van der Waals surface area (Å²) in [5.41, 5.74) is 3.35. The number of hydrogen-bond acceptors (Lipinski definition) is 2. The van der Waals surface area contributed by atoms with Crippen molar-refractivity contribution in [3.63, 3.8) is 0 Å². The zero-order chi connectivity index (χ0) is 17.8. The molecule has 1 aromatic heterocycles. The number of nitrogens with zero attached hydrogens (tertiary/aromatic N) is 2. The van der Waals surface area contributed by atoms with E-state index in [0.29, 0.717) is 12.1 Å². The van der Waals surface area contributed by atoms with Gasteiger partial charge in [-0.25, -0.2) is 0 Å². The number of aromatic nitrogens is 1. The van der Waals surface area contributed by atoms with Crippen molar-refractivity contribution < 1.29 is 4.79 Å². The second-order valence-electron chi connectivity index (χ2n) is 6.01. The smallest absolute Gasteiger partial charge is 0.259 e. The molecule has 0 fully saturated rings. The minimum absolute atomic E-state index is 0.123. The SMILES string of the molecule is Cc1ccccc1Cn1cc(C(=O)N(C)c2ccccc2)ccc1=O. The molecule has 25 heavy (non-hydrogen) atoms. The van der Waals surface area contributed by atoms with Crippen molar-refractivity contribution in [1.82, 2.24) is 4.57 Å². The lowest BCUT2D eigenvalue weighted by Gasteiger charge is -2.18. The average Bonchev–Trinajstić information content (AvgIpc) is 2.65. The number of aryl methyl sites for hydroxylation is 1. The molecule has 3 rings (SSSR count). The Morgan fingerprint density at radius 2 is 1.64 bits per heavy atom. The van der Waals surface area contributed by atoms with Gasteiger partial charge in [-0.1, -0.05) is 42.5 Å². The molecule has 4 heteroatoms. The fourth-order valence-corrected chi connectivity index (χ4v) is 2.71. The number of carbonyl (C=O) groups is 1. The van der Waals surface area contributed by atoms with Gasteiger partial charge in [0.2, 0.25) is 0 Å². The van der Waals surface area contributed by atoms with Crippen molar-refractivity contribution in [2.24, 2.45) is 0 Å². The minimum Gasteiger partial charge on any atom is -0.311 e. The Morgan fingerprint density at radius 1 is 0.960 bits per heavy atom. The quantitative estimate of drug-likeness (QED) is 0.734. The molecule has 0 aliphatic carbocycles. The summed E-state index contributed by atoms with van der Waals surface area (Å²) in [5.74, 6) is -0.148. The average molecular weight is 332 g/mol. The molecule has 3 aromatic rings. The van der Waals surface area contributed by atoms with Crippen molar-refractivity contribution in [3.05, 3.63) is 100.0 Å². The molecular weight excluding hydrogens is 312 g/mol. The summed E-state index contributed by atoms with van der Waals surface area (Å²) < 4.78 is 1.58. The maximum absolute atomic E-state index is 12.7. The molecule has 0 aliphatic rings. The lowest BCUT2D eigenvalue weighted by molar-refractivity contribution is 0.0992. The van der Waals surface area contributed by atoms with E-state index < -0.39 is 0 Å². The Hall–Kier alpha value is -3.14. The Kier molecular flexibility index (Phi) is 4.80. The predicted octanol–water partition coefficient (Wildman–Crippen LogP) is 3.48. The molecule has 1 heterocycles. The van der Waals surface area contributed by atoms with Gasteiger partial charge in [-0.05, 0) is 36.2 Å². The summed E-state index contributed by atoms with van der Waals surface area (Å²) in [6, 6.07) is 20.4. The van der Waals surface area contributed by atoms with E-state index in [1.165, 1.54) is 6.07 Å². The largest absolute Gasteiger partial charge is 0.311 e. The summed E-state index contributed by atoms with van der Waals surface area (Å²) in [4.78, 5) is 26.5. The highest BCUT2D eigenvalue weighted by Crippen LogP contribution is 2.15. The predicted molar refractivity (Wildman–Crippen MR) is 100 cm³/mol. The normalized spacial score (nSPS) is 10.5. The highest BCUT2D eigenvalue weighted by atomic mass is 16.2. The van der Waals surface area contributed by atoms with Crippen LogP contribution in [0.15, 0.2) is 77.7 Å². The summed E-state index contributed by atoms with van der Waals surface area (Å²) >= 11 is 0. The van der Waals surface area contributed by atoms with E-state index in [2.05, 4.69) is 0 Å². The molecule has 0 aliphatic heterocycles. The molecule has 2 aromatic carbocycles. The molecule has 126 valence electrons. The van der Waals surface area contributed by atoms with Crippen LogP contribution in [0.3, 0.4) is 0 Å². The van der Waals surface area contributed by atoms with Gasteiger partial charge in [0.05, 0.1) is 12.1 Å². The molecule has 0 bridgehead atoms. The van der Waals surface area contributed by atoms with Gasteiger partial charge in [-0.15, -0.1) is 0 Å². The van der Waals surface area contributed by atoms with Crippen LogP contribution in [0.25, 0.3) is 0 Å². The summed E-state index contributed by atoms with van der Waals surface area (Å²) in [5, 5.41) is 0. The Bertz CT molecular complexity index is 945. The number of anilines is 1. The van der Waals surface area contributed by atoms with E-state index in [9.17, 15) is 9.59 Å². The zero-order valence-corrected chi connectivity index (χ0v) is 14.3. The lowest BCUT2D eigenvalue weighted by Crippen LogP contribution is -2.28. The van der Waals surface area contributed by atoms with Crippen LogP contribution in [0.1, 0.15) is 21.5 Å². The topological polar surface area (TPSA) is 42.3 Å². The summed E-state index contributed by atoms with van der Waals surface area (Å²) in [6.45, 7) is 2.46. The standard InChI is InChI=1S/C21H20N2O2/c1-16-8-6-7-9-17(16)14-23-15-18(12-13-20(23)24)21(25)22(2)19-10-4-3-5-11-19/h3-13,15H,14H2,1-2H3. The molecule has 0 N–H and O–H groups in total.